The first kappa shape index (κ1) is 31.1. The number of halogens is 2. The molecule has 1 atom stereocenters. The summed E-state index contributed by atoms with van der Waals surface area (Å²) in [5.41, 5.74) is 6.41. The zero-order chi connectivity index (χ0) is 21.1. The first-order valence-electron chi connectivity index (χ1n) is 9.98. The van der Waals surface area contributed by atoms with E-state index in [4.69, 9.17) is 0 Å². The van der Waals surface area contributed by atoms with Crippen LogP contribution in [0.4, 0.5) is 0 Å². The number of allylic oxidation sites excluding steroid dienone is 4. The molecule has 3 rings (SSSR count). The van der Waals surface area contributed by atoms with Crippen molar-refractivity contribution in [2.24, 2.45) is 5.92 Å². The molecule has 0 aliphatic heterocycles. The third kappa shape index (κ3) is 10.8. The van der Waals surface area contributed by atoms with E-state index in [1.807, 2.05) is 42.5 Å². The molecular weight excluding hydrogens is 447 g/mol. The summed E-state index contributed by atoms with van der Waals surface area (Å²) in [5.74, 6) is 0.867. The van der Waals surface area contributed by atoms with Crippen LogP contribution in [-0.4, -0.2) is 8.92 Å². The van der Waals surface area contributed by atoms with E-state index in [2.05, 4.69) is 67.6 Å². The Bertz CT molecular complexity index is 820. The molecule has 0 spiro atoms. The summed E-state index contributed by atoms with van der Waals surface area (Å²) in [6, 6.07) is 17.3. The van der Waals surface area contributed by atoms with Gasteiger partial charge < -0.3 is 5.11 Å². The van der Waals surface area contributed by atoms with Crippen LogP contribution in [0, 0.1) is 12.0 Å². The summed E-state index contributed by atoms with van der Waals surface area (Å²) in [4.78, 5) is 0. The summed E-state index contributed by atoms with van der Waals surface area (Å²) >= 11 is 2.19. The Balaban J connectivity index is 0. The van der Waals surface area contributed by atoms with Crippen LogP contribution >= 0.6 is 24.8 Å². The molecule has 1 aliphatic rings. The smallest absolute Gasteiger partial charge is 0.116 e. The topological polar surface area (TPSA) is 20.2 Å². The minimum Gasteiger partial charge on any atom is -0.508 e. The van der Waals surface area contributed by atoms with Crippen LogP contribution in [0.3, 0.4) is 0 Å². The van der Waals surface area contributed by atoms with Crippen molar-refractivity contribution in [2.45, 2.75) is 54.4 Å². The summed E-state index contributed by atoms with van der Waals surface area (Å²) in [7, 11) is 0. The predicted octanol–water partition coefficient (Wildman–Crippen LogP) is 8.15. The van der Waals surface area contributed by atoms with Gasteiger partial charge in [-0.15, -0.1) is 31.7 Å². The van der Waals surface area contributed by atoms with E-state index in [-0.39, 0.29) is 24.8 Å². The molecule has 0 amide bonds. The van der Waals surface area contributed by atoms with Crippen molar-refractivity contribution >= 4 is 28.6 Å². The molecule has 0 bridgehead atoms. The molecular formula is C26H35Cl2OTi. The number of hydrogen-bond acceptors (Lipinski definition) is 1. The zero-order valence-electron chi connectivity index (χ0n) is 19.0. The van der Waals surface area contributed by atoms with E-state index < -0.39 is 0 Å². The monoisotopic (exact) mass is 481 g/mol. The number of phenolic OH excluding ortho intramolecular Hbond substituents is 1. The Kier molecular flexibility index (Phi) is 17.2. The van der Waals surface area contributed by atoms with Crippen molar-refractivity contribution in [1.29, 1.82) is 0 Å². The van der Waals surface area contributed by atoms with E-state index in [0.717, 1.165) is 11.1 Å². The Labute approximate surface area is 207 Å². The van der Waals surface area contributed by atoms with Gasteiger partial charge >= 0.3 is 50.5 Å². The summed E-state index contributed by atoms with van der Waals surface area (Å²) in [5, 5.41) is 9.27. The Hall–Kier alpha value is -1.12. The molecule has 1 unspecified atom stereocenters. The summed E-state index contributed by atoms with van der Waals surface area (Å²) in [6.07, 6.45) is 5.85. The van der Waals surface area contributed by atoms with Gasteiger partial charge in [-0.2, -0.15) is 11.1 Å². The second kappa shape index (κ2) is 16.6. The molecule has 1 aliphatic carbocycles. The van der Waals surface area contributed by atoms with E-state index in [1.54, 1.807) is 15.9 Å². The quantitative estimate of drug-likeness (QED) is 0.346. The van der Waals surface area contributed by atoms with Gasteiger partial charge in [-0.1, -0.05) is 69.2 Å². The first-order chi connectivity index (χ1) is 13.3. The van der Waals surface area contributed by atoms with Gasteiger partial charge in [0.25, 0.3) is 0 Å². The Morgan fingerprint density at radius 1 is 0.900 bits per heavy atom. The fourth-order valence-corrected chi connectivity index (χ4v) is 2.73. The van der Waals surface area contributed by atoms with Crippen LogP contribution in [0.1, 0.15) is 54.4 Å². The second-order valence-electron chi connectivity index (χ2n) is 7.03. The van der Waals surface area contributed by atoms with E-state index >= 15 is 0 Å². The molecule has 163 valence electrons. The average molecular weight is 482 g/mol. The van der Waals surface area contributed by atoms with Gasteiger partial charge in [0.2, 0.25) is 0 Å². The minimum absolute atomic E-state index is 0. The van der Waals surface area contributed by atoms with Crippen molar-refractivity contribution in [3.8, 4) is 16.9 Å². The van der Waals surface area contributed by atoms with Gasteiger partial charge in [0, 0.05) is 0 Å². The molecule has 0 radical (unpaired) electrons. The number of hydrogen-bond donors (Lipinski definition) is 1. The minimum atomic E-state index is 0. The van der Waals surface area contributed by atoms with Crippen LogP contribution in [0.15, 0.2) is 71.3 Å². The molecule has 0 heterocycles. The van der Waals surface area contributed by atoms with Gasteiger partial charge in [0.15, 0.2) is 0 Å². The average Bonchev–Trinajstić information content (AvgIpc) is 2.94. The van der Waals surface area contributed by atoms with Crippen LogP contribution in [0.25, 0.3) is 11.1 Å². The normalized spacial score (nSPS) is 14.1. The first-order valence-corrected chi connectivity index (χ1v) is 10.8. The van der Waals surface area contributed by atoms with Gasteiger partial charge in [-0.05, 0) is 23.3 Å². The van der Waals surface area contributed by atoms with E-state index in [9.17, 15) is 5.11 Å². The van der Waals surface area contributed by atoms with Crippen molar-refractivity contribution in [1.82, 2.24) is 0 Å². The molecule has 0 fully saturated rings. The fourth-order valence-electron chi connectivity index (χ4n) is 2.73. The molecule has 2 aromatic carbocycles. The van der Waals surface area contributed by atoms with Crippen LogP contribution in [0.5, 0.6) is 5.75 Å². The molecule has 4 heteroatoms. The largest absolute Gasteiger partial charge is 0.508 e. The SMILES string of the molecule is CC1=[C-]C(C)C(C)=C1C.CC[C](=[Ti+])CC.Cl.Cl.Oc1cccc(-c2ccccc2)c1. The maximum atomic E-state index is 9.27. The predicted molar refractivity (Wildman–Crippen MR) is 134 cm³/mol. The molecule has 0 aromatic heterocycles. The third-order valence-corrected chi connectivity index (χ3v) is 6.15. The van der Waals surface area contributed by atoms with Crippen LogP contribution in [-0.2, 0) is 20.0 Å². The van der Waals surface area contributed by atoms with Crippen molar-refractivity contribution < 1.29 is 25.1 Å². The molecule has 30 heavy (non-hydrogen) atoms. The van der Waals surface area contributed by atoms with Crippen molar-refractivity contribution in [2.75, 3.05) is 0 Å². The molecule has 1 N–H and O–H groups in total. The molecule has 0 saturated carbocycles. The number of rotatable bonds is 3. The van der Waals surface area contributed by atoms with E-state index in [0.29, 0.717) is 11.7 Å². The van der Waals surface area contributed by atoms with Crippen LogP contribution in [0.2, 0.25) is 0 Å². The zero-order valence-corrected chi connectivity index (χ0v) is 22.1. The second-order valence-corrected chi connectivity index (χ2v) is 8.13. The number of phenols is 1. The van der Waals surface area contributed by atoms with E-state index in [1.165, 1.54) is 29.6 Å². The maximum absolute atomic E-state index is 9.27. The van der Waals surface area contributed by atoms with Gasteiger partial charge in [0.05, 0.1) is 0 Å². The fraction of sp³-hybridized carbons (Fsp3) is 0.346. The summed E-state index contributed by atoms with van der Waals surface area (Å²) < 4.78 is 1.59. The number of benzene rings is 2. The molecule has 2 aromatic rings. The van der Waals surface area contributed by atoms with Crippen LogP contribution < -0.4 is 0 Å². The van der Waals surface area contributed by atoms with Gasteiger partial charge in [-0.3, -0.25) is 6.08 Å². The Morgan fingerprint density at radius 3 is 1.77 bits per heavy atom. The maximum Gasteiger partial charge on any atom is 0.116 e. The van der Waals surface area contributed by atoms with Crippen molar-refractivity contribution in [3.63, 3.8) is 0 Å². The summed E-state index contributed by atoms with van der Waals surface area (Å²) in [6.45, 7) is 13.1. The molecule has 1 nitrogen and oxygen atoms in total. The molecule has 0 saturated heterocycles. The van der Waals surface area contributed by atoms with Crippen molar-refractivity contribution in [3.05, 3.63) is 77.4 Å². The standard InChI is InChI=1S/C12H10O.C9H13.C5H10.2ClH.Ti/c13-12-8-4-7-11(9-12)10-5-2-1-3-6-10;1-6-5-7(2)9(4)8(6)3;1-3-5-4-2;;;/h1-9,13H;6H,1-4H3;3-4H2,1-2H3;2*1H;/q;-1;;;;+1. The number of aromatic hydroxyl groups is 1. The van der Waals surface area contributed by atoms with Gasteiger partial charge in [-0.25, -0.2) is 5.57 Å². The third-order valence-electron chi connectivity index (χ3n) is 5.04. The van der Waals surface area contributed by atoms with Gasteiger partial charge in [0.1, 0.15) is 5.75 Å². The Morgan fingerprint density at radius 2 is 1.43 bits per heavy atom.